The average molecular weight is 242 g/mol. The third-order valence-corrected chi connectivity index (χ3v) is 2.65. The molecule has 1 aromatic heterocycles. The van der Waals surface area contributed by atoms with E-state index < -0.39 is 5.97 Å². The Morgan fingerprint density at radius 3 is 2.94 bits per heavy atom. The molecule has 0 aliphatic heterocycles. The van der Waals surface area contributed by atoms with E-state index in [0.717, 1.165) is 0 Å². The lowest BCUT2D eigenvalue weighted by Gasteiger charge is -2.06. The first-order valence-electron chi connectivity index (χ1n) is 5.07. The second kappa shape index (κ2) is 4.70. The van der Waals surface area contributed by atoms with Crippen LogP contribution in [0.2, 0.25) is 5.02 Å². The lowest BCUT2D eigenvalue weighted by atomic mass is 10.3. The number of aromatic nitrogens is 1. The molecule has 0 saturated heterocycles. The summed E-state index contributed by atoms with van der Waals surface area (Å²) in [5.74, 6) is 0.558. The van der Waals surface area contributed by atoms with Gasteiger partial charge in [-0.25, -0.2) is 9.78 Å². The van der Waals surface area contributed by atoms with Crippen molar-refractivity contribution in [2.24, 2.45) is 5.92 Å². The van der Waals surface area contributed by atoms with E-state index in [2.05, 4.69) is 9.72 Å². The van der Waals surface area contributed by atoms with Crippen LogP contribution < -0.4 is 4.74 Å². The Labute approximate surface area is 98.5 Å². The van der Waals surface area contributed by atoms with Gasteiger partial charge in [0.05, 0.1) is 19.3 Å². The molecule has 0 amide bonds. The van der Waals surface area contributed by atoms with Crippen LogP contribution in [0.15, 0.2) is 12.3 Å². The lowest BCUT2D eigenvalue weighted by Crippen LogP contribution is -2.05. The molecule has 0 atom stereocenters. The van der Waals surface area contributed by atoms with Crippen molar-refractivity contribution in [3.8, 4) is 5.88 Å². The molecule has 4 nitrogen and oxygen atoms in total. The molecule has 1 saturated carbocycles. The minimum atomic E-state index is -0.455. The van der Waals surface area contributed by atoms with Gasteiger partial charge in [-0.1, -0.05) is 11.6 Å². The van der Waals surface area contributed by atoms with Crippen molar-refractivity contribution >= 4 is 17.6 Å². The molecule has 0 N–H and O–H groups in total. The summed E-state index contributed by atoms with van der Waals surface area (Å²) in [4.78, 5) is 15.2. The van der Waals surface area contributed by atoms with Crippen molar-refractivity contribution in [2.45, 2.75) is 12.8 Å². The summed E-state index contributed by atoms with van der Waals surface area (Å²) in [7, 11) is 1.31. The molecular formula is C11H12ClNO3. The second-order valence-corrected chi connectivity index (χ2v) is 4.16. The maximum atomic E-state index is 11.2. The number of esters is 1. The summed E-state index contributed by atoms with van der Waals surface area (Å²) < 4.78 is 9.99. The van der Waals surface area contributed by atoms with Crippen LogP contribution in [0, 0.1) is 5.92 Å². The van der Waals surface area contributed by atoms with E-state index in [4.69, 9.17) is 16.3 Å². The molecule has 0 aromatic carbocycles. The number of nitrogens with zero attached hydrogens (tertiary/aromatic N) is 1. The highest BCUT2D eigenvalue weighted by molar-refractivity contribution is 6.32. The molecule has 0 bridgehead atoms. The van der Waals surface area contributed by atoms with Crippen LogP contribution in [0.3, 0.4) is 0 Å². The van der Waals surface area contributed by atoms with Crippen LogP contribution in [0.25, 0.3) is 0 Å². The Kier molecular flexibility index (Phi) is 3.29. The molecule has 0 spiro atoms. The Bertz CT molecular complexity index is 404. The van der Waals surface area contributed by atoms with E-state index in [-0.39, 0.29) is 0 Å². The van der Waals surface area contributed by atoms with E-state index in [0.29, 0.717) is 29.0 Å². The van der Waals surface area contributed by atoms with E-state index in [9.17, 15) is 4.79 Å². The zero-order valence-electron chi connectivity index (χ0n) is 8.90. The summed E-state index contributed by atoms with van der Waals surface area (Å²) in [6.45, 7) is 0.643. The maximum absolute atomic E-state index is 11.2. The lowest BCUT2D eigenvalue weighted by molar-refractivity contribution is 0.0600. The number of methoxy groups -OCH3 is 1. The van der Waals surface area contributed by atoms with Gasteiger partial charge in [0.2, 0.25) is 5.88 Å². The van der Waals surface area contributed by atoms with Gasteiger partial charge < -0.3 is 9.47 Å². The summed E-state index contributed by atoms with van der Waals surface area (Å²) >= 11 is 5.94. The first kappa shape index (κ1) is 11.2. The van der Waals surface area contributed by atoms with E-state index in [1.165, 1.54) is 32.2 Å². The topological polar surface area (TPSA) is 48.4 Å². The molecule has 5 heteroatoms. The van der Waals surface area contributed by atoms with Crippen LogP contribution in [-0.2, 0) is 4.74 Å². The third-order valence-electron chi connectivity index (χ3n) is 2.38. The molecule has 0 unspecified atom stereocenters. The molecule has 1 aliphatic carbocycles. The predicted molar refractivity (Wildman–Crippen MR) is 58.8 cm³/mol. The highest BCUT2D eigenvalue weighted by atomic mass is 35.5. The molecule has 1 heterocycles. The summed E-state index contributed by atoms with van der Waals surface area (Å²) in [6.07, 6.45) is 3.82. The maximum Gasteiger partial charge on any atom is 0.339 e. The second-order valence-electron chi connectivity index (χ2n) is 3.76. The van der Waals surface area contributed by atoms with Crippen LogP contribution in [0.4, 0.5) is 0 Å². The van der Waals surface area contributed by atoms with Crippen LogP contribution in [-0.4, -0.2) is 24.7 Å². The molecular weight excluding hydrogens is 230 g/mol. The number of halogens is 1. The van der Waals surface area contributed by atoms with Gasteiger partial charge in [0.1, 0.15) is 5.02 Å². The molecule has 0 radical (unpaired) electrons. The monoisotopic (exact) mass is 241 g/mol. The van der Waals surface area contributed by atoms with Gasteiger partial charge in [0.15, 0.2) is 0 Å². The molecule has 2 rings (SSSR count). The molecule has 16 heavy (non-hydrogen) atoms. The average Bonchev–Trinajstić information content (AvgIpc) is 3.10. The van der Waals surface area contributed by atoms with Crippen molar-refractivity contribution < 1.29 is 14.3 Å². The number of carbonyl (C=O) groups is 1. The summed E-state index contributed by atoms with van der Waals surface area (Å²) in [5.41, 5.74) is 0.325. The van der Waals surface area contributed by atoms with Gasteiger partial charge in [0, 0.05) is 6.20 Å². The van der Waals surface area contributed by atoms with Gasteiger partial charge in [-0.3, -0.25) is 0 Å². The van der Waals surface area contributed by atoms with E-state index >= 15 is 0 Å². The standard InChI is InChI=1S/C11H12ClNO3/c1-15-11(14)8-4-9(12)10(13-5-8)16-6-7-2-3-7/h4-5,7H,2-3,6H2,1H3. The number of hydrogen-bond acceptors (Lipinski definition) is 4. The minimum absolute atomic E-state index is 0.325. The fraction of sp³-hybridized carbons (Fsp3) is 0.455. The Balaban J connectivity index is 2.05. The van der Waals surface area contributed by atoms with E-state index in [1.54, 1.807) is 0 Å². The first-order valence-corrected chi connectivity index (χ1v) is 5.45. The van der Waals surface area contributed by atoms with Gasteiger partial charge in [-0.05, 0) is 24.8 Å². The third kappa shape index (κ3) is 2.64. The fourth-order valence-electron chi connectivity index (χ4n) is 1.24. The first-order chi connectivity index (χ1) is 7.70. The van der Waals surface area contributed by atoms with Crippen LogP contribution in [0.5, 0.6) is 5.88 Å². The molecule has 1 fully saturated rings. The fourth-order valence-corrected chi connectivity index (χ4v) is 1.46. The zero-order chi connectivity index (χ0) is 11.5. The van der Waals surface area contributed by atoms with Gasteiger partial charge in [0.25, 0.3) is 0 Å². The smallest absolute Gasteiger partial charge is 0.339 e. The highest BCUT2D eigenvalue weighted by Crippen LogP contribution is 2.31. The number of hydrogen-bond donors (Lipinski definition) is 0. The summed E-state index contributed by atoms with van der Waals surface area (Å²) in [5, 5.41) is 0.337. The van der Waals surface area contributed by atoms with Crippen molar-refractivity contribution in [1.82, 2.24) is 4.98 Å². The normalized spacial score (nSPS) is 14.6. The zero-order valence-corrected chi connectivity index (χ0v) is 9.66. The number of carbonyl (C=O) groups excluding carboxylic acids is 1. The largest absolute Gasteiger partial charge is 0.476 e. The molecule has 1 aliphatic rings. The molecule has 86 valence electrons. The van der Waals surface area contributed by atoms with Gasteiger partial charge in [-0.15, -0.1) is 0 Å². The summed E-state index contributed by atoms with van der Waals surface area (Å²) in [6, 6.07) is 1.50. The van der Waals surface area contributed by atoms with Gasteiger partial charge in [-0.2, -0.15) is 0 Å². The van der Waals surface area contributed by atoms with Crippen molar-refractivity contribution in [3.63, 3.8) is 0 Å². The van der Waals surface area contributed by atoms with E-state index in [1.807, 2.05) is 0 Å². The minimum Gasteiger partial charge on any atom is -0.476 e. The van der Waals surface area contributed by atoms with Crippen LogP contribution in [0.1, 0.15) is 23.2 Å². The van der Waals surface area contributed by atoms with Crippen molar-refractivity contribution in [3.05, 3.63) is 22.8 Å². The molecule has 1 aromatic rings. The van der Waals surface area contributed by atoms with Gasteiger partial charge >= 0.3 is 5.97 Å². The Morgan fingerprint density at radius 1 is 1.62 bits per heavy atom. The quantitative estimate of drug-likeness (QED) is 0.759. The van der Waals surface area contributed by atoms with Crippen LogP contribution >= 0.6 is 11.6 Å². The van der Waals surface area contributed by atoms with Crippen molar-refractivity contribution in [2.75, 3.05) is 13.7 Å². The Hall–Kier alpha value is -1.29. The number of rotatable bonds is 4. The SMILES string of the molecule is COC(=O)c1cnc(OCC2CC2)c(Cl)c1. The predicted octanol–water partition coefficient (Wildman–Crippen LogP) is 2.31. The number of pyridine rings is 1. The highest BCUT2D eigenvalue weighted by Gasteiger charge is 2.22. The Morgan fingerprint density at radius 2 is 2.38 bits per heavy atom. The number of ether oxygens (including phenoxy) is 2. The van der Waals surface area contributed by atoms with Crippen molar-refractivity contribution in [1.29, 1.82) is 0 Å².